The Morgan fingerprint density at radius 2 is 1.88 bits per heavy atom. The number of hydrogen-bond acceptors (Lipinski definition) is 3. The predicted octanol–water partition coefficient (Wildman–Crippen LogP) is 3.46. The second-order valence-corrected chi connectivity index (χ2v) is 6.86. The van der Waals surface area contributed by atoms with E-state index >= 15 is 0 Å². The van der Waals surface area contributed by atoms with Gasteiger partial charge in [-0.1, -0.05) is 42.0 Å². The van der Waals surface area contributed by atoms with Crippen molar-refractivity contribution in [1.82, 2.24) is 10.2 Å². The Labute approximate surface area is 162 Å². The Balaban J connectivity index is 0.00000156. The maximum atomic E-state index is 10.7. The first kappa shape index (κ1) is 22.0. The lowest BCUT2D eigenvalue weighted by Gasteiger charge is -2.31. The van der Waals surface area contributed by atoms with Gasteiger partial charge in [0.15, 0.2) is 0 Å². The van der Waals surface area contributed by atoms with Gasteiger partial charge in [0, 0.05) is 25.2 Å². The molecule has 1 aromatic carbocycles. The van der Waals surface area contributed by atoms with E-state index in [-0.39, 0.29) is 31.4 Å². The third kappa shape index (κ3) is 6.63. The highest BCUT2D eigenvalue weighted by atomic mass is 35.5. The summed E-state index contributed by atoms with van der Waals surface area (Å²) >= 11 is 0. The topological polar surface area (TPSA) is 52.6 Å². The molecular weight excluding hydrogens is 359 g/mol. The lowest BCUT2D eigenvalue weighted by molar-refractivity contribution is -0.138. The number of nitrogens with one attached hydrogen (secondary N) is 1. The zero-order valence-corrected chi connectivity index (χ0v) is 16.2. The maximum Gasteiger partial charge on any atom is 0.317 e. The molecule has 4 nitrogen and oxygen atoms in total. The molecule has 2 unspecified atom stereocenters. The van der Waals surface area contributed by atoms with Crippen molar-refractivity contribution in [3.8, 4) is 0 Å². The number of hydrogen-bond donors (Lipinski definition) is 2. The number of aliphatic carboxylic acids is 1. The van der Waals surface area contributed by atoms with Crippen molar-refractivity contribution in [3.05, 3.63) is 41.5 Å². The van der Waals surface area contributed by atoms with E-state index in [1.54, 1.807) is 0 Å². The fraction of sp³-hybridized carbons (Fsp3) is 0.526. The van der Waals surface area contributed by atoms with E-state index in [0.717, 1.165) is 25.9 Å². The van der Waals surface area contributed by atoms with Crippen LogP contribution in [0.5, 0.6) is 0 Å². The quantitative estimate of drug-likeness (QED) is 0.785. The van der Waals surface area contributed by atoms with Crippen LogP contribution in [0.25, 0.3) is 6.08 Å². The predicted molar refractivity (Wildman–Crippen MR) is 107 cm³/mol. The highest BCUT2D eigenvalue weighted by Gasteiger charge is 2.39. The summed E-state index contributed by atoms with van der Waals surface area (Å²) in [5.74, 6) is -0.0624. The molecule has 1 aromatic rings. The average molecular weight is 387 g/mol. The van der Waals surface area contributed by atoms with E-state index in [2.05, 4.69) is 42.6 Å². The van der Waals surface area contributed by atoms with Gasteiger partial charge in [-0.05, 0) is 37.7 Å². The molecule has 3 rings (SSSR count). The Morgan fingerprint density at radius 1 is 1.24 bits per heavy atom. The molecule has 2 N–H and O–H groups in total. The number of likely N-dealkylation sites (tertiary alicyclic amines) is 1. The number of carbonyl (C=O) groups is 1. The molecule has 1 aliphatic heterocycles. The van der Waals surface area contributed by atoms with Crippen molar-refractivity contribution in [3.63, 3.8) is 0 Å². The Kier molecular flexibility index (Phi) is 8.94. The monoisotopic (exact) mass is 386 g/mol. The van der Waals surface area contributed by atoms with Crippen molar-refractivity contribution in [1.29, 1.82) is 0 Å². The minimum Gasteiger partial charge on any atom is -0.480 e. The van der Waals surface area contributed by atoms with Gasteiger partial charge < -0.3 is 10.4 Å². The zero-order chi connectivity index (χ0) is 16.2. The molecule has 0 radical (unpaired) electrons. The summed E-state index contributed by atoms with van der Waals surface area (Å²) in [5, 5.41) is 12.6. The third-order valence-corrected chi connectivity index (χ3v) is 4.97. The molecule has 1 heterocycles. The smallest absolute Gasteiger partial charge is 0.317 e. The highest BCUT2D eigenvalue weighted by Crippen LogP contribution is 2.38. The molecule has 0 aromatic heterocycles. The SMILES string of the molecule is C/C(=C\c1ccccc1)C1CC1NC1CCN(CC(=O)O)CC1.Cl.Cl. The summed E-state index contributed by atoms with van der Waals surface area (Å²) in [6.07, 6.45) is 5.63. The second kappa shape index (κ2) is 10.2. The summed E-state index contributed by atoms with van der Waals surface area (Å²) in [4.78, 5) is 12.8. The Morgan fingerprint density at radius 3 is 2.48 bits per heavy atom. The van der Waals surface area contributed by atoms with E-state index in [1.807, 2.05) is 11.0 Å². The van der Waals surface area contributed by atoms with Crippen LogP contribution in [0.15, 0.2) is 35.9 Å². The van der Waals surface area contributed by atoms with Gasteiger partial charge >= 0.3 is 5.97 Å². The first-order valence-electron chi connectivity index (χ1n) is 8.55. The summed E-state index contributed by atoms with van der Waals surface area (Å²) in [5.41, 5.74) is 2.73. The summed E-state index contributed by atoms with van der Waals surface area (Å²) in [6, 6.07) is 11.6. The fourth-order valence-electron chi connectivity index (χ4n) is 3.55. The van der Waals surface area contributed by atoms with Crippen LogP contribution in [0.2, 0.25) is 0 Å². The van der Waals surface area contributed by atoms with Crippen LogP contribution in [-0.2, 0) is 4.79 Å². The molecule has 1 saturated carbocycles. The molecular formula is C19H28Cl2N2O2. The molecule has 140 valence electrons. The summed E-state index contributed by atoms with van der Waals surface area (Å²) in [6.45, 7) is 4.19. The molecule has 2 fully saturated rings. The summed E-state index contributed by atoms with van der Waals surface area (Å²) in [7, 11) is 0. The van der Waals surface area contributed by atoms with E-state index in [0.29, 0.717) is 18.0 Å². The molecule has 2 atom stereocenters. The molecule has 2 aliphatic rings. The van der Waals surface area contributed by atoms with Gasteiger partial charge in [-0.15, -0.1) is 24.8 Å². The number of halogens is 2. The van der Waals surface area contributed by atoms with E-state index in [9.17, 15) is 4.79 Å². The lowest BCUT2D eigenvalue weighted by atomic mass is 10.0. The van der Waals surface area contributed by atoms with Crippen LogP contribution < -0.4 is 5.32 Å². The van der Waals surface area contributed by atoms with Gasteiger partial charge in [0.1, 0.15) is 0 Å². The van der Waals surface area contributed by atoms with Gasteiger partial charge in [0.25, 0.3) is 0 Å². The first-order valence-corrected chi connectivity index (χ1v) is 8.55. The van der Waals surface area contributed by atoms with Crippen LogP contribution >= 0.6 is 24.8 Å². The van der Waals surface area contributed by atoms with E-state index in [1.165, 1.54) is 17.6 Å². The van der Waals surface area contributed by atoms with E-state index < -0.39 is 5.97 Å². The largest absolute Gasteiger partial charge is 0.480 e. The van der Waals surface area contributed by atoms with Crippen molar-refractivity contribution in [2.75, 3.05) is 19.6 Å². The number of benzene rings is 1. The van der Waals surface area contributed by atoms with Gasteiger partial charge in [-0.2, -0.15) is 0 Å². The third-order valence-electron chi connectivity index (χ3n) is 4.97. The van der Waals surface area contributed by atoms with Gasteiger partial charge in [-0.3, -0.25) is 9.69 Å². The number of piperidine rings is 1. The Bertz CT molecular complexity index is 572. The molecule has 0 amide bonds. The van der Waals surface area contributed by atoms with Crippen LogP contribution in [0.3, 0.4) is 0 Å². The van der Waals surface area contributed by atoms with Crippen LogP contribution in [0.4, 0.5) is 0 Å². The van der Waals surface area contributed by atoms with Gasteiger partial charge in [0.05, 0.1) is 6.54 Å². The van der Waals surface area contributed by atoms with Gasteiger partial charge in [-0.25, -0.2) is 0 Å². The average Bonchev–Trinajstić information content (AvgIpc) is 3.29. The van der Waals surface area contributed by atoms with Crippen LogP contribution in [0.1, 0.15) is 31.7 Å². The maximum absolute atomic E-state index is 10.7. The minimum atomic E-state index is -0.722. The van der Waals surface area contributed by atoms with Crippen LogP contribution in [0, 0.1) is 5.92 Å². The standard InChI is InChI=1S/C19H26N2O2.2ClH/c1-14(11-15-5-3-2-4-6-15)17-12-18(17)20-16-7-9-21(10-8-16)13-19(22)23;;/h2-6,11,16-18,20H,7-10,12-13H2,1H3,(H,22,23);2*1H/b14-11+;;. The van der Waals surface area contributed by atoms with E-state index in [4.69, 9.17) is 5.11 Å². The zero-order valence-electron chi connectivity index (χ0n) is 14.6. The first-order chi connectivity index (χ1) is 11.1. The second-order valence-electron chi connectivity index (χ2n) is 6.86. The fourth-order valence-corrected chi connectivity index (χ4v) is 3.55. The summed E-state index contributed by atoms with van der Waals surface area (Å²) < 4.78 is 0. The minimum absolute atomic E-state index is 0. The molecule has 1 aliphatic carbocycles. The highest BCUT2D eigenvalue weighted by molar-refractivity contribution is 5.85. The van der Waals surface area contributed by atoms with Crippen LogP contribution in [-0.4, -0.2) is 47.7 Å². The van der Waals surface area contributed by atoms with Crippen molar-refractivity contribution >= 4 is 36.9 Å². The number of carboxylic acid groups (broad SMARTS) is 1. The molecule has 6 heteroatoms. The van der Waals surface area contributed by atoms with Crippen molar-refractivity contribution in [2.45, 2.75) is 38.3 Å². The number of carboxylic acids is 1. The van der Waals surface area contributed by atoms with Crippen molar-refractivity contribution < 1.29 is 9.90 Å². The number of rotatable bonds is 6. The lowest BCUT2D eigenvalue weighted by Crippen LogP contribution is -2.45. The molecule has 25 heavy (non-hydrogen) atoms. The molecule has 0 spiro atoms. The van der Waals surface area contributed by atoms with Gasteiger partial charge in [0.2, 0.25) is 0 Å². The molecule has 1 saturated heterocycles. The normalized spacial score (nSPS) is 24.1. The Hall–Kier alpha value is -1.07. The molecule has 0 bridgehead atoms. The van der Waals surface area contributed by atoms with Crippen molar-refractivity contribution in [2.24, 2.45) is 5.92 Å². The number of nitrogens with zero attached hydrogens (tertiary/aromatic N) is 1.